The smallest absolute Gasteiger partial charge is 0.0623 e. The van der Waals surface area contributed by atoms with Crippen LogP contribution in [0.15, 0.2) is 78.9 Å². The molecule has 2 heteroatoms. The normalized spacial score (nSPS) is 12.7. The van der Waals surface area contributed by atoms with Crippen molar-refractivity contribution >= 4 is 32.3 Å². The van der Waals surface area contributed by atoms with Gasteiger partial charge < -0.3 is 4.98 Å². The number of fused-ring (bicyclic) bond motifs is 6. The molecule has 0 fully saturated rings. The Balaban J connectivity index is 0.00000231. The number of hydrogen-bond donors (Lipinski definition) is 0. The van der Waals surface area contributed by atoms with E-state index >= 15 is 0 Å². The molecular weight excluding hydrogens is 531 g/mol. The summed E-state index contributed by atoms with van der Waals surface area (Å²) in [7, 11) is 0. The van der Waals surface area contributed by atoms with Crippen molar-refractivity contribution in [3.05, 3.63) is 90.6 Å². The first kappa shape index (κ1) is 17.3. The first-order valence-corrected chi connectivity index (χ1v) is 9.56. The average molecular weight is 555 g/mol. The van der Waals surface area contributed by atoms with E-state index in [1.807, 2.05) is 48.7 Å². The third kappa shape index (κ3) is 3.37. The number of pyridine rings is 1. The van der Waals surface area contributed by atoms with Crippen molar-refractivity contribution < 1.29 is 22.8 Å². The zero-order chi connectivity index (χ0) is 21.0. The van der Waals surface area contributed by atoms with Crippen LogP contribution >= 0.6 is 0 Å². The molecule has 5 aromatic rings. The Morgan fingerprint density at radius 1 is 0.793 bits per heavy atom. The summed E-state index contributed by atoms with van der Waals surface area (Å²) in [5.74, 6) is 0. The van der Waals surface area contributed by atoms with Gasteiger partial charge >= 0.3 is 0 Å². The van der Waals surface area contributed by atoms with Gasteiger partial charge in [0.2, 0.25) is 0 Å². The molecule has 5 rings (SSSR count). The zero-order valence-electron chi connectivity index (χ0n) is 18.6. The van der Waals surface area contributed by atoms with Gasteiger partial charge in [0.15, 0.2) is 0 Å². The van der Waals surface area contributed by atoms with Crippen LogP contribution in [-0.2, 0) is 25.5 Å². The van der Waals surface area contributed by atoms with Gasteiger partial charge in [0.25, 0.3) is 0 Å². The molecule has 0 saturated heterocycles. The molecule has 29 heavy (non-hydrogen) atoms. The number of hydrogen-bond acceptors (Lipinski definition) is 1. The Morgan fingerprint density at radius 2 is 1.41 bits per heavy atom. The first-order valence-electron chi connectivity index (χ1n) is 10.6. The number of nitrogens with zero attached hydrogens (tertiary/aromatic N) is 1. The van der Waals surface area contributed by atoms with E-state index < -0.39 is 0 Å². The van der Waals surface area contributed by atoms with E-state index in [9.17, 15) is 0 Å². The molecule has 0 spiro atoms. The monoisotopic (exact) mass is 555 g/mol. The minimum absolute atomic E-state index is 0. The number of benzene rings is 4. The second-order valence-electron chi connectivity index (χ2n) is 8.30. The Bertz CT molecular complexity index is 1410. The topological polar surface area (TPSA) is 12.9 Å². The van der Waals surface area contributed by atoms with E-state index in [0.717, 1.165) is 43.6 Å². The summed E-state index contributed by atoms with van der Waals surface area (Å²) in [5, 5.41) is 6.40. The van der Waals surface area contributed by atoms with E-state index in [1.54, 1.807) is 0 Å². The molecule has 1 aromatic heterocycles. The predicted octanol–water partition coefficient (Wildman–Crippen LogP) is 7.30. The Kier molecular flexibility index (Phi) is 4.40. The Morgan fingerprint density at radius 3 is 2.10 bits per heavy atom. The molecule has 0 amide bonds. The van der Waals surface area contributed by atoms with Crippen molar-refractivity contribution in [1.82, 2.24) is 4.98 Å². The van der Waals surface area contributed by atoms with Crippen molar-refractivity contribution in [1.29, 1.82) is 0 Å². The van der Waals surface area contributed by atoms with Gasteiger partial charge in [0.05, 0.1) is 2.74 Å². The van der Waals surface area contributed by atoms with Gasteiger partial charge in [0.1, 0.15) is 0 Å². The van der Waals surface area contributed by atoms with Crippen LogP contribution in [0.1, 0.15) is 29.1 Å². The summed E-state index contributed by atoms with van der Waals surface area (Å²) in [5.41, 5.74) is 3.14. The molecule has 0 unspecified atom stereocenters. The van der Waals surface area contributed by atoms with Gasteiger partial charge in [-0.3, -0.25) is 0 Å². The van der Waals surface area contributed by atoms with E-state index in [0.29, 0.717) is 12.1 Å². The van der Waals surface area contributed by atoms with Crippen LogP contribution in [0.5, 0.6) is 0 Å². The van der Waals surface area contributed by atoms with Crippen molar-refractivity contribution in [3.63, 3.8) is 0 Å². The van der Waals surface area contributed by atoms with Gasteiger partial charge in [-0.25, -0.2) is 0 Å². The SMILES string of the molecule is [2H]c1ccc2c(c1)c1c[c-]c(-c3cc(C(C)(C)C)ccn3)cc1c1ccc([2H])cc12.[Ir]. The van der Waals surface area contributed by atoms with E-state index in [-0.39, 0.29) is 25.5 Å². The van der Waals surface area contributed by atoms with Gasteiger partial charge in [0, 0.05) is 26.3 Å². The molecule has 1 heterocycles. The fourth-order valence-corrected chi connectivity index (χ4v) is 3.91. The van der Waals surface area contributed by atoms with Crippen LogP contribution in [0.2, 0.25) is 0 Å². The molecule has 0 atom stereocenters. The molecular formula is C27H22IrN-. The third-order valence-electron chi connectivity index (χ3n) is 5.45. The maximum atomic E-state index is 8.11. The van der Waals surface area contributed by atoms with Crippen LogP contribution < -0.4 is 0 Å². The maximum absolute atomic E-state index is 8.11. The van der Waals surface area contributed by atoms with E-state index in [2.05, 4.69) is 50.0 Å². The van der Waals surface area contributed by atoms with Gasteiger partial charge in [-0.1, -0.05) is 91.5 Å². The van der Waals surface area contributed by atoms with Crippen molar-refractivity contribution in [2.75, 3.05) is 0 Å². The van der Waals surface area contributed by atoms with E-state index in [4.69, 9.17) is 2.74 Å². The molecule has 0 saturated carbocycles. The molecule has 0 bridgehead atoms. The standard InChI is InChI=1S/C27H22N.Ir/c1-27(2,3)19-14-15-28-26(17-19)18-12-13-24-22-10-5-4-8-20(22)21-9-6-7-11-23(21)25(24)16-18;/h4-11,13-17H,1-3H3;/q-1;/i5D,6D;. The van der Waals surface area contributed by atoms with Crippen LogP contribution in [0.3, 0.4) is 0 Å². The quantitative estimate of drug-likeness (QED) is 0.157. The largest absolute Gasteiger partial charge is 0.305 e. The molecule has 1 nitrogen and oxygen atoms in total. The first-order chi connectivity index (χ1) is 14.3. The van der Waals surface area contributed by atoms with Crippen LogP contribution in [0, 0.1) is 6.07 Å². The van der Waals surface area contributed by atoms with Gasteiger partial charge in [-0.2, -0.15) is 0 Å². The number of aromatic nitrogens is 1. The summed E-state index contributed by atoms with van der Waals surface area (Å²) in [6.45, 7) is 6.60. The Hall–Kier alpha value is -2.54. The fraction of sp³-hybridized carbons (Fsp3) is 0.148. The second kappa shape index (κ2) is 7.37. The van der Waals surface area contributed by atoms with Crippen LogP contribution in [0.25, 0.3) is 43.6 Å². The minimum Gasteiger partial charge on any atom is -0.305 e. The molecule has 145 valence electrons. The summed E-state index contributed by atoms with van der Waals surface area (Å²) in [4.78, 5) is 4.61. The maximum Gasteiger partial charge on any atom is 0.0623 e. The van der Waals surface area contributed by atoms with Crippen LogP contribution in [0.4, 0.5) is 0 Å². The summed E-state index contributed by atoms with van der Waals surface area (Å²) in [6.07, 6.45) is 1.87. The Labute approximate surface area is 188 Å². The average Bonchev–Trinajstić information content (AvgIpc) is 2.73. The summed E-state index contributed by atoms with van der Waals surface area (Å²) >= 11 is 0. The molecule has 0 N–H and O–H groups in total. The molecule has 4 aromatic carbocycles. The van der Waals surface area contributed by atoms with Gasteiger partial charge in [-0.15, -0.1) is 23.8 Å². The van der Waals surface area contributed by atoms with Gasteiger partial charge in [-0.05, 0) is 38.9 Å². The zero-order valence-corrected chi connectivity index (χ0v) is 19.0. The second-order valence-corrected chi connectivity index (χ2v) is 8.30. The fourth-order valence-electron chi connectivity index (χ4n) is 3.91. The molecule has 0 aliphatic heterocycles. The predicted molar refractivity (Wildman–Crippen MR) is 120 cm³/mol. The molecule has 1 radical (unpaired) electrons. The van der Waals surface area contributed by atoms with Crippen molar-refractivity contribution in [3.8, 4) is 11.3 Å². The summed E-state index contributed by atoms with van der Waals surface area (Å²) in [6, 6.07) is 24.2. The third-order valence-corrected chi connectivity index (χ3v) is 5.45. The van der Waals surface area contributed by atoms with Crippen molar-refractivity contribution in [2.45, 2.75) is 26.2 Å². The number of rotatable bonds is 1. The minimum atomic E-state index is 0. The molecule has 0 aliphatic carbocycles. The van der Waals surface area contributed by atoms with Crippen molar-refractivity contribution in [2.24, 2.45) is 0 Å². The summed E-state index contributed by atoms with van der Waals surface area (Å²) < 4.78 is 16.2. The van der Waals surface area contributed by atoms with E-state index in [1.165, 1.54) is 5.56 Å². The molecule has 0 aliphatic rings. The van der Waals surface area contributed by atoms with Crippen LogP contribution in [-0.4, -0.2) is 4.98 Å².